The second-order valence-corrected chi connectivity index (χ2v) is 6.75. The van der Waals surface area contributed by atoms with Crippen molar-refractivity contribution in [3.8, 4) is 0 Å². The highest BCUT2D eigenvalue weighted by Crippen LogP contribution is 2.28. The first kappa shape index (κ1) is 13.8. The van der Waals surface area contributed by atoms with Crippen molar-refractivity contribution in [1.82, 2.24) is 9.44 Å². The molecule has 2 saturated carbocycles. The Morgan fingerprint density at radius 2 is 1.67 bits per heavy atom. The lowest BCUT2D eigenvalue weighted by Crippen LogP contribution is -2.57. The van der Waals surface area contributed by atoms with E-state index in [9.17, 15) is 18.3 Å². The van der Waals surface area contributed by atoms with E-state index in [1.165, 1.54) is 0 Å². The fraction of sp³-hybridized carbons (Fsp3) is 0.909. The second kappa shape index (κ2) is 5.14. The van der Waals surface area contributed by atoms with Crippen LogP contribution in [0.5, 0.6) is 0 Å². The van der Waals surface area contributed by atoms with E-state index in [4.69, 9.17) is 0 Å². The topological polar surface area (TPSA) is 95.5 Å². The summed E-state index contributed by atoms with van der Waals surface area (Å²) in [6.45, 7) is 0. The average Bonchev–Trinajstić information content (AvgIpc) is 3.05. The highest BCUT2D eigenvalue weighted by Gasteiger charge is 2.43. The van der Waals surface area contributed by atoms with Crippen molar-refractivity contribution in [3.05, 3.63) is 0 Å². The minimum absolute atomic E-state index is 0.0147. The molecule has 6 nitrogen and oxygen atoms in total. The number of nitrogens with one attached hydrogen (secondary N) is 2. The minimum atomic E-state index is -3.72. The summed E-state index contributed by atoms with van der Waals surface area (Å²) < 4.78 is 28.6. The summed E-state index contributed by atoms with van der Waals surface area (Å²) in [6, 6.07) is -0.0147. The SMILES string of the molecule is O=C(O)C1(NS(=O)(=O)NC2CC2)CCCCCC1. The molecule has 0 radical (unpaired) electrons. The Morgan fingerprint density at radius 3 is 2.11 bits per heavy atom. The van der Waals surface area contributed by atoms with Crippen LogP contribution in [0.15, 0.2) is 0 Å². The van der Waals surface area contributed by atoms with Crippen LogP contribution < -0.4 is 9.44 Å². The van der Waals surface area contributed by atoms with Gasteiger partial charge in [-0.15, -0.1) is 0 Å². The molecule has 0 spiro atoms. The lowest BCUT2D eigenvalue weighted by atomic mass is 9.92. The molecule has 18 heavy (non-hydrogen) atoms. The number of hydrogen-bond acceptors (Lipinski definition) is 3. The largest absolute Gasteiger partial charge is 0.480 e. The Morgan fingerprint density at radius 1 is 1.11 bits per heavy atom. The number of aliphatic carboxylic acids is 1. The van der Waals surface area contributed by atoms with E-state index < -0.39 is 21.7 Å². The third-order valence-corrected chi connectivity index (χ3v) is 4.90. The van der Waals surface area contributed by atoms with Crippen LogP contribution in [0.25, 0.3) is 0 Å². The molecule has 2 rings (SSSR count). The van der Waals surface area contributed by atoms with E-state index >= 15 is 0 Å². The zero-order chi connectivity index (χ0) is 13.2. The van der Waals surface area contributed by atoms with Gasteiger partial charge in [0.2, 0.25) is 0 Å². The lowest BCUT2D eigenvalue weighted by molar-refractivity contribution is -0.144. The van der Waals surface area contributed by atoms with Gasteiger partial charge in [-0.3, -0.25) is 4.79 Å². The summed E-state index contributed by atoms with van der Waals surface area (Å²) in [7, 11) is -3.72. The van der Waals surface area contributed by atoms with Crippen molar-refractivity contribution in [1.29, 1.82) is 0 Å². The van der Waals surface area contributed by atoms with E-state index in [2.05, 4.69) is 9.44 Å². The van der Waals surface area contributed by atoms with Crippen molar-refractivity contribution >= 4 is 16.2 Å². The first-order valence-corrected chi connectivity index (χ1v) is 7.96. The Labute approximate surface area is 107 Å². The van der Waals surface area contributed by atoms with Gasteiger partial charge in [0, 0.05) is 6.04 Å². The molecule has 0 aromatic rings. The molecule has 0 aliphatic heterocycles. The van der Waals surface area contributed by atoms with Crippen LogP contribution in [0.3, 0.4) is 0 Å². The summed E-state index contributed by atoms with van der Waals surface area (Å²) in [5.41, 5.74) is -1.32. The maximum absolute atomic E-state index is 11.9. The fourth-order valence-corrected chi connectivity index (χ4v) is 3.94. The summed E-state index contributed by atoms with van der Waals surface area (Å²) >= 11 is 0. The van der Waals surface area contributed by atoms with Crippen molar-refractivity contribution < 1.29 is 18.3 Å². The first-order chi connectivity index (χ1) is 8.44. The van der Waals surface area contributed by atoms with E-state index in [0.29, 0.717) is 12.8 Å². The summed E-state index contributed by atoms with van der Waals surface area (Å²) in [4.78, 5) is 11.5. The number of carbonyl (C=O) groups is 1. The number of rotatable bonds is 5. The highest BCUT2D eigenvalue weighted by atomic mass is 32.2. The van der Waals surface area contributed by atoms with Crippen LogP contribution in [0.2, 0.25) is 0 Å². The highest BCUT2D eigenvalue weighted by molar-refractivity contribution is 7.87. The molecule has 0 unspecified atom stereocenters. The molecule has 0 aromatic heterocycles. The van der Waals surface area contributed by atoms with Gasteiger partial charge in [0.05, 0.1) is 0 Å². The molecule has 0 amide bonds. The van der Waals surface area contributed by atoms with Gasteiger partial charge in [-0.25, -0.2) is 0 Å². The van der Waals surface area contributed by atoms with E-state index in [1.54, 1.807) is 0 Å². The van der Waals surface area contributed by atoms with Crippen LogP contribution in [-0.4, -0.2) is 31.1 Å². The Hall–Kier alpha value is -0.660. The van der Waals surface area contributed by atoms with Crippen molar-refractivity contribution in [3.63, 3.8) is 0 Å². The molecule has 2 aliphatic rings. The van der Waals surface area contributed by atoms with Crippen LogP contribution in [-0.2, 0) is 15.0 Å². The molecule has 7 heteroatoms. The fourth-order valence-electron chi connectivity index (χ4n) is 2.40. The summed E-state index contributed by atoms with van der Waals surface area (Å²) in [5, 5.41) is 9.37. The smallest absolute Gasteiger partial charge is 0.324 e. The average molecular weight is 276 g/mol. The van der Waals surface area contributed by atoms with Crippen LogP contribution >= 0.6 is 0 Å². The number of hydrogen-bond donors (Lipinski definition) is 3. The Kier molecular flexibility index (Phi) is 3.93. The van der Waals surface area contributed by atoms with Gasteiger partial charge < -0.3 is 5.11 Å². The third kappa shape index (κ3) is 3.43. The lowest BCUT2D eigenvalue weighted by Gasteiger charge is -2.28. The number of carboxylic acids is 1. The predicted molar refractivity (Wildman–Crippen MR) is 66.3 cm³/mol. The van der Waals surface area contributed by atoms with Crippen molar-refractivity contribution in [2.24, 2.45) is 0 Å². The van der Waals surface area contributed by atoms with Crippen molar-refractivity contribution in [2.45, 2.75) is 62.9 Å². The van der Waals surface area contributed by atoms with Gasteiger partial charge in [-0.2, -0.15) is 17.9 Å². The molecular weight excluding hydrogens is 256 g/mol. The molecule has 2 fully saturated rings. The van der Waals surface area contributed by atoms with E-state index in [1.807, 2.05) is 0 Å². The molecule has 0 aromatic carbocycles. The molecule has 104 valence electrons. The maximum atomic E-state index is 11.9. The molecule has 3 N–H and O–H groups in total. The molecular formula is C11H20N2O4S. The third-order valence-electron chi connectivity index (χ3n) is 3.60. The van der Waals surface area contributed by atoms with Crippen LogP contribution in [0, 0.1) is 0 Å². The maximum Gasteiger partial charge on any atom is 0.324 e. The van der Waals surface area contributed by atoms with Crippen LogP contribution in [0.4, 0.5) is 0 Å². The normalized spacial score (nSPS) is 24.4. The number of carboxylic acid groups (broad SMARTS) is 1. The predicted octanol–water partition coefficient (Wildman–Crippen LogP) is 0.750. The molecule has 0 atom stereocenters. The molecule has 0 heterocycles. The Bertz CT molecular complexity index is 409. The van der Waals surface area contributed by atoms with Gasteiger partial charge in [0.25, 0.3) is 10.2 Å². The van der Waals surface area contributed by atoms with E-state index in [-0.39, 0.29) is 6.04 Å². The van der Waals surface area contributed by atoms with Gasteiger partial charge in [-0.1, -0.05) is 25.7 Å². The van der Waals surface area contributed by atoms with Gasteiger partial charge >= 0.3 is 5.97 Å². The molecule has 0 saturated heterocycles. The van der Waals surface area contributed by atoms with E-state index in [0.717, 1.165) is 38.5 Å². The van der Waals surface area contributed by atoms with Crippen molar-refractivity contribution in [2.75, 3.05) is 0 Å². The Balaban J connectivity index is 2.11. The van der Waals surface area contributed by atoms with Gasteiger partial charge in [0.15, 0.2) is 0 Å². The first-order valence-electron chi connectivity index (χ1n) is 6.48. The van der Waals surface area contributed by atoms with Gasteiger partial charge in [0.1, 0.15) is 5.54 Å². The molecule has 2 aliphatic carbocycles. The quantitative estimate of drug-likeness (QED) is 0.646. The summed E-state index contributed by atoms with van der Waals surface area (Å²) in [6.07, 6.45) is 5.83. The molecule has 0 bridgehead atoms. The standard InChI is InChI=1S/C11H20N2O4S/c14-10(15)11(7-3-1-2-4-8-11)13-18(16,17)12-9-5-6-9/h9,12-13H,1-8H2,(H,14,15). The zero-order valence-electron chi connectivity index (χ0n) is 10.3. The van der Waals surface area contributed by atoms with Crippen LogP contribution in [0.1, 0.15) is 51.4 Å². The second-order valence-electron chi connectivity index (χ2n) is 5.30. The minimum Gasteiger partial charge on any atom is -0.480 e. The summed E-state index contributed by atoms with van der Waals surface area (Å²) in [5.74, 6) is -1.06. The van der Waals surface area contributed by atoms with Gasteiger partial charge in [-0.05, 0) is 25.7 Å². The monoisotopic (exact) mass is 276 g/mol. The zero-order valence-corrected chi connectivity index (χ0v) is 11.1.